The molecule has 0 spiro atoms. The fourth-order valence-electron chi connectivity index (χ4n) is 2.41. The molecule has 1 aromatic heterocycles. The van der Waals surface area contributed by atoms with Crippen LogP contribution in [0.15, 0.2) is 15.4 Å². The molecule has 1 unspecified atom stereocenters. The van der Waals surface area contributed by atoms with Crippen molar-refractivity contribution >= 4 is 28.3 Å². The lowest BCUT2D eigenvalue weighted by Gasteiger charge is -2.31. The third-order valence-corrected chi connectivity index (χ3v) is 4.52. The molecule has 0 aliphatic carbocycles. The number of furan rings is 1. The second kappa shape index (κ2) is 6.78. The predicted molar refractivity (Wildman–Crippen MR) is 80.1 cm³/mol. The minimum atomic E-state index is -3.87. The van der Waals surface area contributed by atoms with Crippen molar-refractivity contribution in [3.8, 4) is 0 Å². The van der Waals surface area contributed by atoms with Gasteiger partial charge in [-0.3, -0.25) is 4.79 Å². The van der Waals surface area contributed by atoms with Gasteiger partial charge in [0.15, 0.2) is 5.76 Å². The highest BCUT2D eigenvalue weighted by molar-refractivity contribution is 7.89. The van der Waals surface area contributed by atoms with Crippen molar-refractivity contribution in [3.05, 3.63) is 17.6 Å². The van der Waals surface area contributed by atoms with Gasteiger partial charge in [-0.2, -0.15) is 0 Å². The zero-order valence-corrected chi connectivity index (χ0v) is 13.6. The average Bonchev–Trinajstić information content (AvgIpc) is 2.80. The number of hydrogen-bond donors (Lipinski definition) is 2. The van der Waals surface area contributed by atoms with E-state index in [0.29, 0.717) is 13.1 Å². The Labute approximate surface area is 130 Å². The third kappa shape index (κ3) is 3.97. The standard InChI is InChI=1S/C12H19N3O4S.ClH/c1-8-11(20(13,17)18)6-10(19-8)12(16)15-5-3-4-9(7-15)14-2;/h6,9,14H,3-5,7H2,1-2H3,(H2,13,17,18);1H. The van der Waals surface area contributed by atoms with Gasteiger partial charge in [0, 0.05) is 25.2 Å². The molecular weight excluding hydrogens is 318 g/mol. The number of rotatable bonds is 3. The van der Waals surface area contributed by atoms with Crippen LogP contribution in [0.5, 0.6) is 0 Å². The summed E-state index contributed by atoms with van der Waals surface area (Å²) in [4.78, 5) is 13.8. The molecule has 1 aromatic rings. The lowest BCUT2D eigenvalue weighted by Crippen LogP contribution is -2.46. The van der Waals surface area contributed by atoms with Crippen LogP contribution < -0.4 is 10.5 Å². The Balaban J connectivity index is 0.00000220. The van der Waals surface area contributed by atoms with Crippen molar-refractivity contribution in [1.82, 2.24) is 10.2 Å². The summed E-state index contributed by atoms with van der Waals surface area (Å²) in [6.07, 6.45) is 1.92. The van der Waals surface area contributed by atoms with Crippen LogP contribution in [0.2, 0.25) is 0 Å². The molecule has 0 saturated carbocycles. The normalized spacial score (nSPS) is 19.2. The highest BCUT2D eigenvalue weighted by Gasteiger charge is 2.27. The van der Waals surface area contributed by atoms with E-state index >= 15 is 0 Å². The number of aryl methyl sites for hydroxylation is 1. The molecule has 120 valence electrons. The summed E-state index contributed by atoms with van der Waals surface area (Å²) in [6, 6.07) is 1.46. The lowest BCUT2D eigenvalue weighted by atomic mass is 10.1. The van der Waals surface area contributed by atoms with Crippen LogP contribution in [0.1, 0.15) is 29.2 Å². The monoisotopic (exact) mass is 337 g/mol. The van der Waals surface area contributed by atoms with Crippen molar-refractivity contribution in [2.24, 2.45) is 5.14 Å². The first-order chi connectivity index (χ1) is 9.32. The summed E-state index contributed by atoms with van der Waals surface area (Å²) in [5.41, 5.74) is 0. The first-order valence-corrected chi connectivity index (χ1v) is 7.97. The molecule has 1 atom stereocenters. The van der Waals surface area contributed by atoms with E-state index in [1.807, 2.05) is 7.05 Å². The minimum absolute atomic E-state index is 0. The van der Waals surface area contributed by atoms with Gasteiger partial charge in [0.05, 0.1) is 0 Å². The quantitative estimate of drug-likeness (QED) is 0.834. The van der Waals surface area contributed by atoms with E-state index in [-0.39, 0.29) is 40.8 Å². The zero-order chi connectivity index (χ0) is 14.9. The van der Waals surface area contributed by atoms with Crippen molar-refractivity contribution < 1.29 is 17.6 Å². The Morgan fingerprint density at radius 3 is 2.71 bits per heavy atom. The fourth-order valence-corrected chi connectivity index (χ4v) is 3.12. The van der Waals surface area contributed by atoms with E-state index < -0.39 is 10.0 Å². The van der Waals surface area contributed by atoms with Crippen molar-refractivity contribution in [2.45, 2.75) is 30.7 Å². The average molecular weight is 338 g/mol. The predicted octanol–water partition coefficient (Wildman–Crippen LogP) is 0.481. The summed E-state index contributed by atoms with van der Waals surface area (Å²) >= 11 is 0. The number of nitrogens with one attached hydrogen (secondary N) is 1. The van der Waals surface area contributed by atoms with Crippen LogP contribution in [0.25, 0.3) is 0 Å². The van der Waals surface area contributed by atoms with Gasteiger partial charge in [-0.25, -0.2) is 13.6 Å². The van der Waals surface area contributed by atoms with Gasteiger partial charge in [-0.05, 0) is 26.8 Å². The third-order valence-electron chi connectivity index (χ3n) is 3.51. The molecule has 0 aromatic carbocycles. The van der Waals surface area contributed by atoms with Gasteiger partial charge in [-0.1, -0.05) is 0 Å². The van der Waals surface area contributed by atoms with Gasteiger partial charge in [0.1, 0.15) is 10.7 Å². The van der Waals surface area contributed by atoms with Gasteiger partial charge < -0.3 is 14.6 Å². The fraction of sp³-hybridized carbons (Fsp3) is 0.583. The molecule has 7 nitrogen and oxygen atoms in total. The summed E-state index contributed by atoms with van der Waals surface area (Å²) in [7, 11) is -2.01. The molecule has 0 bridgehead atoms. The number of carbonyl (C=O) groups excluding carboxylic acids is 1. The van der Waals surface area contributed by atoms with Gasteiger partial charge in [0.2, 0.25) is 10.0 Å². The highest BCUT2D eigenvalue weighted by atomic mass is 35.5. The van der Waals surface area contributed by atoms with Crippen LogP contribution in [-0.2, 0) is 10.0 Å². The smallest absolute Gasteiger partial charge is 0.289 e. The van der Waals surface area contributed by atoms with Crippen LogP contribution in [-0.4, -0.2) is 45.4 Å². The highest BCUT2D eigenvalue weighted by Crippen LogP contribution is 2.21. The maximum atomic E-state index is 12.3. The Bertz CT molecular complexity index is 614. The van der Waals surface area contributed by atoms with E-state index in [2.05, 4.69) is 5.32 Å². The Morgan fingerprint density at radius 2 is 2.19 bits per heavy atom. The summed E-state index contributed by atoms with van der Waals surface area (Å²) in [5, 5.41) is 8.21. The molecule has 3 N–H and O–H groups in total. The Hall–Kier alpha value is -1.09. The second-order valence-corrected chi connectivity index (χ2v) is 6.48. The van der Waals surface area contributed by atoms with E-state index in [1.54, 1.807) is 4.90 Å². The number of primary sulfonamides is 1. The number of carbonyl (C=O) groups is 1. The topological polar surface area (TPSA) is 106 Å². The number of halogens is 1. The molecule has 2 heterocycles. The number of piperidine rings is 1. The van der Waals surface area contributed by atoms with Gasteiger partial charge >= 0.3 is 0 Å². The van der Waals surface area contributed by atoms with E-state index in [4.69, 9.17) is 9.56 Å². The summed E-state index contributed by atoms with van der Waals surface area (Å²) in [5.74, 6) is -0.149. The van der Waals surface area contributed by atoms with Crippen molar-refractivity contribution in [2.75, 3.05) is 20.1 Å². The Morgan fingerprint density at radius 1 is 1.52 bits per heavy atom. The summed E-state index contributed by atoms with van der Waals surface area (Å²) in [6.45, 7) is 2.70. The largest absolute Gasteiger partial charge is 0.455 e. The van der Waals surface area contributed by atoms with E-state index in [1.165, 1.54) is 13.0 Å². The molecule has 1 saturated heterocycles. The van der Waals surface area contributed by atoms with E-state index in [9.17, 15) is 13.2 Å². The SMILES string of the molecule is CNC1CCCN(C(=O)c2cc(S(N)(=O)=O)c(C)o2)C1.Cl. The Kier molecular flexibility index (Phi) is 5.80. The van der Waals surface area contributed by atoms with Crippen LogP contribution in [0.3, 0.4) is 0 Å². The molecule has 2 rings (SSSR count). The molecule has 1 aliphatic rings. The maximum Gasteiger partial charge on any atom is 0.289 e. The van der Waals surface area contributed by atoms with Crippen LogP contribution in [0, 0.1) is 6.92 Å². The molecule has 21 heavy (non-hydrogen) atoms. The van der Waals surface area contributed by atoms with Gasteiger partial charge in [0.25, 0.3) is 5.91 Å². The van der Waals surface area contributed by atoms with Crippen molar-refractivity contribution in [3.63, 3.8) is 0 Å². The first kappa shape index (κ1) is 18.0. The van der Waals surface area contributed by atoms with E-state index in [0.717, 1.165) is 12.8 Å². The number of likely N-dealkylation sites (N-methyl/N-ethyl adjacent to an activating group) is 1. The molecule has 9 heteroatoms. The number of sulfonamides is 1. The van der Waals surface area contributed by atoms with Crippen molar-refractivity contribution in [1.29, 1.82) is 0 Å². The molecule has 0 radical (unpaired) electrons. The lowest BCUT2D eigenvalue weighted by molar-refractivity contribution is 0.0664. The number of likely N-dealkylation sites (tertiary alicyclic amines) is 1. The molecular formula is C12H20ClN3O4S. The first-order valence-electron chi connectivity index (χ1n) is 6.42. The number of amides is 1. The maximum absolute atomic E-state index is 12.3. The number of nitrogens with zero attached hydrogens (tertiary/aromatic N) is 1. The molecule has 1 amide bonds. The number of hydrogen-bond acceptors (Lipinski definition) is 5. The molecule has 1 fully saturated rings. The second-order valence-electron chi connectivity index (χ2n) is 4.96. The molecule has 1 aliphatic heterocycles. The van der Waals surface area contributed by atoms with Crippen LogP contribution in [0.4, 0.5) is 0 Å². The van der Waals surface area contributed by atoms with Gasteiger partial charge in [-0.15, -0.1) is 12.4 Å². The summed E-state index contributed by atoms with van der Waals surface area (Å²) < 4.78 is 27.9. The zero-order valence-electron chi connectivity index (χ0n) is 12.0. The number of nitrogens with two attached hydrogens (primary N) is 1. The minimum Gasteiger partial charge on any atom is -0.455 e. The van der Waals surface area contributed by atoms with Crippen LogP contribution >= 0.6 is 12.4 Å².